The van der Waals surface area contributed by atoms with Crippen LogP contribution in [0, 0.1) is 5.82 Å². The van der Waals surface area contributed by atoms with E-state index in [9.17, 15) is 14.0 Å². The number of rotatable bonds is 12. The van der Waals surface area contributed by atoms with Gasteiger partial charge in [-0.3, -0.25) is 19.4 Å². The zero-order valence-corrected chi connectivity index (χ0v) is 24.7. The van der Waals surface area contributed by atoms with E-state index in [4.69, 9.17) is 26.4 Å². The van der Waals surface area contributed by atoms with Gasteiger partial charge in [0.25, 0.3) is 5.91 Å². The van der Waals surface area contributed by atoms with Gasteiger partial charge in [-0.15, -0.1) is 0 Å². The Balaban J connectivity index is 1.23. The normalized spacial score (nSPS) is 17.3. The largest absolute Gasteiger partial charge is 0.495 e. The van der Waals surface area contributed by atoms with E-state index < -0.39 is 11.9 Å². The molecule has 2 fully saturated rings. The van der Waals surface area contributed by atoms with Crippen molar-refractivity contribution < 1.29 is 28.2 Å². The van der Waals surface area contributed by atoms with Gasteiger partial charge in [-0.2, -0.15) is 0 Å². The maximum atomic E-state index is 13.6. The Hall–Kier alpha value is -4.13. The van der Waals surface area contributed by atoms with E-state index in [2.05, 4.69) is 15.2 Å². The molecule has 0 saturated carbocycles. The number of nitrogens with zero attached hydrogens (tertiary/aromatic N) is 4. The molecule has 2 saturated heterocycles. The average molecular weight is 608 g/mol. The third-order valence-corrected chi connectivity index (χ3v) is 7.78. The van der Waals surface area contributed by atoms with Gasteiger partial charge >= 0.3 is 0 Å². The summed E-state index contributed by atoms with van der Waals surface area (Å²) in [5.41, 5.74) is 1.47. The molecule has 12 heteroatoms. The van der Waals surface area contributed by atoms with Crippen molar-refractivity contribution in [2.24, 2.45) is 0 Å². The van der Waals surface area contributed by atoms with Crippen molar-refractivity contribution in [1.29, 1.82) is 0 Å². The van der Waals surface area contributed by atoms with Crippen LogP contribution in [0.15, 0.2) is 66.9 Å². The molecule has 2 aromatic carbocycles. The van der Waals surface area contributed by atoms with Gasteiger partial charge < -0.3 is 24.4 Å². The van der Waals surface area contributed by atoms with Crippen molar-refractivity contribution in [1.82, 2.24) is 14.8 Å². The van der Waals surface area contributed by atoms with Crippen LogP contribution < -0.4 is 19.7 Å². The fraction of sp³-hybridized carbons (Fsp3) is 0.355. The molecule has 10 nitrogen and oxygen atoms in total. The summed E-state index contributed by atoms with van der Waals surface area (Å²) in [6, 6.07) is 15.8. The lowest BCUT2D eigenvalue weighted by Gasteiger charge is -2.26. The number of hydrogen-bond donors (Lipinski definition) is 1. The Morgan fingerprint density at radius 3 is 2.44 bits per heavy atom. The minimum atomic E-state index is -0.835. The van der Waals surface area contributed by atoms with E-state index in [-0.39, 0.29) is 23.3 Å². The molecule has 0 spiro atoms. The third-order valence-electron chi connectivity index (χ3n) is 7.37. The molecule has 3 aromatic rings. The molecular weight excluding hydrogens is 573 g/mol. The van der Waals surface area contributed by atoms with Gasteiger partial charge in [0.2, 0.25) is 5.91 Å². The highest BCUT2D eigenvalue weighted by Gasteiger charge is 2.44. The molecule has 1 atom stereocenters. The van der Waals surface area contributed by atoms with Crippen molar-refractivity contribution >= 4 is 40.6 Å². The second kappa shape index (κ2) is 14.4. The Morgan fingerprint density at radius 2 is 1.77 bits per heavy atom. The lowest BCUT2D eigenvalue weighted by Crippen LogP contribution is -2.39. The average Bonchev–Trinajstić information content (AvgIpc) is 3.25. The summed E-state index contributed by atoms with van der Waals surface area (Å²) in [4.78, 5) is 36.2. The molecule has 1 aromatic heterocycles. The highest BCUT2D eigenvalue weighted by molar-refractivity contribution is 7.80. The fourth-order valence-corrected chi connectivity index (χ4v) is 5.39. The van der Waals surface area contributed by atoms with Crippen molar-refractivity contribution in [3.63, 3.8) is 0 Å². The third kappa shape index (κ3) is 7.83. The number of morpholine rings is 1. The molecule has 0 radical (unpaired) electrons. The van der Waals surface area contributed by atoms with Gasteiger partial charge in [0, 0.05) is 26.2 Å². The first-order valence-corrected chi connectivity index (χ1v) is 14.5. The number of benzene rings is 2. The minimum Gasteiger partial charge on any atom is -0.495 e. The lowest BCUT2D eigenvalue weighted by atomic mass is 10.1. The predicted molar refractivity (Wildman–Crippen MR) is 164 cm³/mol. The van der Waals surface area contributed by atoms with Gasteiger partial charge in [-0.25, -0.2) is 9.37 Å². The number of carbonyl (C=O) groups is 2. The van der Waals surface area contributed by atoms with Crippen molar-refractivity contribution in [3.8, 4) is 11.5 Å². The first kappa shape index (κ1) is 30.3. The Kier molecular flexibility index (Phi) is 10.1. The number of anilines is 2. The number of thiocarbonyl (C=S) groups is 1. The number of nitrogens with one attached hydrogen (secondary N) is 1. The highest BCUT2D eigenvalue weighted by Crippen LogP contribution is 2.28. The number of carbonyl (C=O) groups excluding carboxylic acids is 2. The molecule has 2 aliphatic heterocycles. The topological polar surface area (TPSA) is 96.5 Å². The summed E-state index contributed by atoms with van der Waals surface area (Å²) >= 11 is 5.73. The van der Waals surface area contributed by atoms with Gasteiger partial charge in [0.05, 0.1) is 38.6 Å². The number of methoxy groups -OCH3 is 1. The van der Waals surface area contributed by atoms with Crippen molar-refractivity contribution in [3.05, 3.63) is 78.2 Å². The second-order valence-corrected chi connectivity index (χ2v) is 10.5. The summed E-state index contributed by atoms with van der Waals surface area (Å²) in [6.07, 6.45) is 1.94. The maximum absolute atomic E-state index is 13.6. The molecule has 3 heterocycles. The van der Waals surface area contributed by atoms with Crippen LogP contribution in [0.4, 0.5) is 15.9 Å². The Morgan fingerprint density at radius 1 is 1.05 bits per heavy atom. The maximum Gasteiger partial charge on any atom is 0.256 e. The number of pyridine rings is 1. The summed E-state index contributed by atoms with van der Waals surface area (Å²) in [5, 5.41) is 3.00. The van der Waals surface area contributed by atoms with E-state index >= 15 is 0 Å². The van der Waals surface area contributed by atoms with Crippen molar-refractivity contribution in [2.75, 3.05) is 63.3 Å². The van der Waals surface area contributed by atoms with Crippen LogP contribution in [0.1, 0.15) is 12.0 Å². The number of amides is 2. The zero-order valence-electron chi connectivity index (χ0n) is 23.9. The molecule has 43 heavy (non-hydrogen) atoms. The van der Waals surface area contributed by atoms with Gasteiger partial charge in [0.1, 0.15) is 35.8 Å². The number of ether oxygens (including phenoxy) is 3. The number of halogens is 1. The van der Waals surface area contributed by atoms with E-state index in [1.165, 1.54) is 42.5 Å². The molecule has 2 aliphatic rings. The summed E-state index contributed by atoms with van der Waals surface area (Å²) in [7, 11) is 1.53. The minimum absolute atomic E-state index is 0.139. The summed E-state index contributed by atoms with van der Waals surface area (Å²) in [6.45, 7) is 5.20. The first-order valence-electron chi connectivity index (χ1n) is 14.1. The molecular formula is C31H34FN5O5S. The standard InChI is InChI=1S/C31H34FN5O5S/c1-40-26-10-11-28(33-21-26)34-29(38)20-27-30(39)37(24-6-4-23(32)5-7-24)31(43)36(27)13-12-22-2-8-25(9-3-22)42-19-16-35-14-17-41-18-15-35/h2-11,21,27H,12-20H2,1H3,(H,33,34,38). The second-order valence-electron chi connectivity index (χ2n) is 10.2. The Bertz CT molecular complexity index is 1400. The van der Waals surface area contributed by atoms with Gasteiger partial charge in [-0.1, -0.05) is 12.1 Å². The van der Waals surface area contributed by atoms with Crippen LogP contribution >= 0.6 is 12.2 Å². The zero-order chi connectivity index (χ0) is 30.2. The molecule has 226 valence electrons. The van der Waals surface area contributed by atoms with Gasteiger partial charge in [-0.05, 0) is 72.7 Å². The summed E-state index contributed by atoms with van der Waals surface area (Å²) in [5.74, 6) is 0.528. The van der Waals surface area contributed by atoms with Crippen LogP contribution in [0.25, 0.3) is 0 Å². The van der Waals surface area contributed by atoms with Crippen molar-refractivity contribution in [2.45, 2.75) is 18.9 Å². The molecule has 5 rings (SSSR count). The monoisotopic (exact) mass is 607 g/mol. The van der Waals surface area contributed by atoms with Crippen LogP contribution in [-0.2, 0) is 20.7 Å². The molecule has 0 bridgehead atoms. The lowest BCUT2D eigenvalue weighted by molar-refractivity contribution is -0.124. The smallest absolute Gasteiger partial charge is 0.256 e. The van der Waals surface area contributed by atoms with E-state index in [0.717, 1.165) is 44.2 Å². The van der Waals surface area contributed by atoms with Crippen LogP contribution in [0.2, 0.25) is 0 Å². The number of aromatic nitrogens is 1. The van der Waals surface area contributed by atoms with E-state index in [1.54, 1.807) is 17.0 Å². The highest BCUT2D eigenvalue weighted by atomic mass is 32.1. The Labute approximate surface area is 255 Å². The molecule has 0 aliphatic carbocycles. The SMILES string of the molecule is COc1ccc(NC(=O)CC2C(=O)N(c3ccc(F)cc3)C(=S)N2CCc2ccc(OCCN3CCOCC3)cc2)nc1. The van der Waals surface area contributed by atoms with Crippen LogP contribution in [0.3, 0.4) is 0 Å². The fourth-order valence-electron chi connectivity index (χ4n) is 4.98. The quantitative estimate of drug-likeness (QED) is 0.311. The number of hydrogen-bond acceptors (Lipinski definition) is 8. The first-order chi connectivity index (χ1) is 20.9. The van der Waals surface area contributed by atoms with Crippen LogP contribution in [0.5, 0.6) is 11.5 Å². The van der Waals surface area contributed by atoms with Crippen LogP contribution in [-0.4, -0.2) is 90.9 Å². The van der Waals surface area contributed by atoms with Gasteiger partial charge in [0.15, 0.2) is 5.11 Å². The summed E-state index contributed by atoms with van der Waals surface area (Å²) < 4.78 is 30.0. The molecule has 2 amide bonds. The predicted octanol–water partition coefficient (Wildman–Crippen LogP) is 3.51. The molecule has 1 N–H and O–H groups in total. The van der Waals surface area contributed by atoms with E-state index in [1.807, 2.05) is 24.3 Å². The van der Waals surface area contributed by atoms with E-state index in [0.29, 0.717) is 36.8 Å². The molecule has 1 unspecified atom stereocenters.